The van der Waals surface area contributed by atoms with Crippen LogP contribution in [0.1, 0.15) is 24.0 Å². The van der Waals surface area contributed by atoms with Gasteiger partial charge >= 0.3 is 0 Å². The topological polar surface area (TPSA) is 91.4 Å². The molecule has 0 radical (unpaired) electrons. The summed E-state index contributed by atoms with van der Waals surface area (Å²) < 4.78 is 0. The van der Waals surface area contributed by atoms with Crippen LogP contribution in [0.15, 0.2) is 79.0 Å². The van der Waals surface area contributed by atoms with Crippen molar-refractivity contribution in [2.75, 3.05) is 16.8 Å². The minimum atomic E-state index is -0.310. The van der Waals surface area contributed by atoms with Crippen molar-refractivity contribution in [1.29, 1.82) is 0 Å². The summed E-state index contributed by atoms with van der Waals surface area (Å²) in [4.78, 5) is 43.3. The molecule has 3 amide bonds. The van der Waals surface area contributed by atoms with Gasteiger partial charge in [-0.2, -0.15) is 0 Å². The van der Waals surface area contributed by atoms with Gasteiger partial charge in [0, 0.05) is 31.3 Å². The second-order valence-corrected chi connectivity index (χ2v) is 7.29. The van der Waals surface area contributed by atoms with E-state index in [4.69, 9.17) is 0 Å². The third-order valence-electron chi connectivity index (χ3n) is 4.84. The lowest BCUT2D eigenvalue weighted by Crippen LogP contribution is -2.41. The molecule has 1 aromatic heterocycles. The van der Waals surface area contributed by atoms with Crippen molar-refractivity contribution < 1.29 is 14.4 Å². The first kappa shape index (κ1) is 22.7. The van der Waals surface area contributed by atoms with Crippen molar-refractivity contribution in [3.8, 4) is 0 Å². The summed E-state index contributed by atoms with van der Waals surface area (Å²) in [6.45, 7) is 2.13. The zero-order valence-corrected chi connectivity index (χ0v) is 18.0. The highest BCUT2D eigenvalue weighted by molar-refractivity contribution is 6.01. The Labute approximate surface area is 187 Å². The van der Waals surface area contributed by atoms with Gasteiger partial charge in [-0.3, -0.25) is 14.4 Å². The number of hydrogen-bond donors (Lipinski definition) is 2. The molecule has 2 N–H and O–H groups in total. The number of aromatic nitrogens is 1. The highest BCUT2D eigenvalue weighted by atomic mass is 16.2. The number of carbonyl (C=O) groups is 3. The van der Waals surface area contributed by atoms with Gasteiger partial charge in [-0.05, 0) is 36.2 Å². The minimum absolute atomic E-state index is 0.0105. The highest BCUT2D eigenvalue weighted by Gasteiger charge is 2.21. The molecule has 0 aliphatic rings. The third kappa shape index (κ3) is 6.77. The number of aryl methyl sites for hydroxylation is 1. The van der Waals surface area contributed by atoms with Crippen molar-refractivity contribution in [3.63, 3.8) is 0 Å². The lowest BCUT2D eigenvalue weighted by Gasteiger charge is -2.24. The molecule has 0 saturated heterocycles. The fourth-order valence-corrected chi connectivity index (χ4v) is 3.17. The second kappa shape index (κ2) is 11.4. The Morgan fingerprint density at radius 2 is 1.56 bits per heavy atom. The summed E-state index contributed by atoms with van der Waals surface area (Å²) >= 11 is 0. The molecule has 0 atom stereocenters. The SMILES string of the molecule is Cc1ccccc1N(CC(=O)NCc1ccccc1)C(=O)CCC(=O)Nc1ccccn1. The molecule has 32 heavy (non-hydrogen) atoms. The molecule has 0 aliphatic carbocycles. The average Bonchev–Trinajstić information content (AvgIpc) is 2.81. The van der Waals surface area contributed by atoms with E-state index in [0.29, 0.717) is 18.1 Å². The van der Waals surface area contributed by atoms with Crippen molar-refractivity contribution in [1.82, 2.24) is 10.3 Å². The number of nitrogens with one attached hydrogen (secondary N) is 2. The predicted molar refractivity (Wildman–Crippen MR) is 124 cm³/mol. The molecule has 7 heteroatoms. The van der Waals surface area contributed by atoms with Gasteiger partial charge in [-0.1, -0.05) is 54.6 Å². The highest BCUT2D eigenvalue weighted by Crippen LogP contribution is 2.20. The minimum Gasteiger partial charge on any atom is -0.350 e. The van der Waals surface area contributed by atoms with Crippen LogP contribution in [-0.4, -0.2) is 29.3 Å². The lowest BCUT2D eigenvalue weighted by molar-refractivity contribution is -0.125. The van der Waals surface area contributed by atoms with Crippen molar-refractivity contribution >= 4 is 29.2 Å². The van der Waals surface area contributed by atoms with Crippen molar-refractivity contribution in [2.45, 2.75) is 26.3 Å². The van der Waals surface area contributed by atoms with E-state index in [1.807, 2.05) is 55.5 Å². The zero-order valence-electron chi connectivity index (χ0n) is 18.0. The molecule has 0 aliphatic heterocycles. The second-order valence-electron chi connectivity index (χ2n) is 7.29. The molecule has 0 saturated carbocycles. The number of pyridine rings is 1. The standard InChI is InChI=1S/C25H26N4O3/c1-19-9-5-6-12-21(19)29(18-24(31)27-17-20-10-3-2-4-11-20)25(32)15-14-23(30)28-22-13-7-8-16-26-22/h2-13,16H,14-15,17-18H2,1H3,(H,27,31)(H,26,28,30). The van der Waals surface area contributed by atoms with Gasteiger partial charge in [0.05, 0.1) is 0 Å². The molecule has 1 heterocycles. The molecule has 0 bridgehead atoms. The number of hydrogen-bond acceptors (Lipinski definition) is 4. The van der Waals surface area contributed by atoms with Crippen LogP contribution in [0.3, 0.4) is 0 Å². The fourth-order valence-electron chi connectivity index (χ4n) is 3.17. The summed E-state index contributed by atoms with van der Waals surface area (Å²) in [6.07, 6.45) is 1.54. The van der Waals surface area contributed by atoms with Gasteiger partial charge in [-0.15, -0.1) is 0 Å². The number of carbonyl (C=O) groups excluding carboxylic acids is 3. The van der Waals surface area contributed by atoms with E-state index in [0.717, 1.165) is 11.1 Å². The van der Waals surface area contributed by atoms with E-state index >= 15 is 0 Å². The van der Waals surface area contributed by atoms with Crippen LogP contribution in [0, 0.1) is 6.92 Å². The first-order valence-corrected chi connectivity index (χ1v) is 10.4. The first-order chi connectivity index (χ1) is 15.5. The Balaban J connectivity index is 1.63. The summed E-state index contributed by atoms with van der Waals surface area (Å²) in [5.74, 6) is -0.454. The van der Waals surface area contributed by atoms with E-state index in [-0.39, 0.29) is 37.1 Å². The summed E-state index contributed by atoms with van der Waals surface area (Å²) in [5.41, 5.74) is 2.49. The molecule has 0 spiro atoms. The number of anilines is 2. The van der Waals surface area contributed by atoms with Crippen molar-refractivity contribution in [2.24, 2.45) is 0 Å². The van der Waals surface area contributed by atoms with E-state index in [2.05, 4.69) is 15.6 Å². The van der Waals surface area contributed by atoms with Gasteiger partial charge in [0.25, 0.3) is 0 Å². The number of amides is 3. The van der Waals surface area contributed by atoms with Crippen LogP contribution in [0.25, 0.3) is 0 Å². The smallest absolute Gasteiger partial charge is 0.240 e. The predicted octanol–water partition coefficient (Wildman–Crippen LogP) is 3.46. The molecule has 3 aromatic rings. The molecule has 0 fully saturated rings. The largest absolute Gasteiger partial charge is 0.350 e. The lowest BCUT2D eigenvalue weighted by atomic mass is 10.1. The number of rotatable bonds is 9. The van der Waals surface area contributed by atoms with Crippen LogP contribution in [0.2, 0.25) is 0 Å². The molecule has 0 unspecified atom stereocenters. The fraction of sp³-hybridized carbons (Fsp3) is 0.200. The van der Waals surface area contributed by atoms with Gasteiger partial charge in [0.2, 0.25) is 17.7 Å². The zero-order chi connectivity index (χ0) is 22.8. The van der Waals surface area contributed by atoms with Crippen LogP contribution >= 0.6 is 0 Å². The van der Waals surface area contributed by atoms with Crippen LogP contribution in [-0.2, 0) is 20.9 Å². The normalized spacial score (nSPS) is 10.3. The molecule has 2 aromatic carbocycles. The number of nitrogens with zero attached hydrogens (tertiary/aromatic N) is 2. The Morgan fingerprint density at radius 3 is 2.28 bits per heavy atom. The Morgan fingerprint density at radius 1 is 0.844 bits per heavy atom. The van der Waals surface area contributed by atoms with Gasteiger partial charge in [-0.25, -0.2) is 4.98 Å². The quantitative estimate of drug-likeness (QED) is 0.544. The summed E-state index contributed by atoms with van der Waals surface area (Å²) in [7, 11) is 0. The van der Waals surface area contributed by atoms with Gasteiger partial charge in [0.15, 0.2) is 0 Å². The van der Waals surface area contributed by atoms with Gasteiger partial charge in [0.1, 0.15) is 12.4 Å². The van der Waals surface area contributed by atoms with E-state index < -0.39 is 0 Å². The molecular weight excluding hydrogens is 404 g/mol. The van der Waals surface area contributed by atoms with E-state index in [9.17, 15) is 14.4 Å². The molecule has 3 rings (SSSR count). The molecular formula is C25H26N4O3. The Kier molecular flexibility index (Phi) is 8.09. The third-order valence-corrected chi connectivity index (χ3v) is 4.84. The molecule has 164 valence electrons. The summed E-state index contributed by atoms with van der Waals surface area (Å²) in [6, 6.07) is 22.1. The van der Waals surface area contributed by atoms with Gasteiger partial charge < -0.3 is 15.5 Å². The van der Waals surface area contributed by atoms with Crippen molar-refractivity contribution in [3.05, 3.63) is 90.1 Å². The van der Waals surface area contributed by atoms with E-state index in [1.165, 1.54) is 4.90 Å². The first-order valence-electron chi connectivity index (χ1n) is 10.4. The van der Waals surface area contributed by atoms with Crippen LogP contribution in [0.4, 0.5) is 11.5 Å². The maximum atomic E-state index is 13.0. The number of benzene rings is 2. The Bertz CT molecular complexity index is 1060. The summed E-state index contributed by atoms with van der Waals surface area (Å²) in [5, 5.41) is 5.52. The average molecular weight is 431 g/mol. The maximum Gasteiger partial charge on any atom is 0.240 e. The molecule has 7 nitrogen and oxygen atoms in total. The van der Waals surface area contributed by atoms with E-state index in [1.54, 1.807) is 30.5 Å². The Hall–Kier alpha value is -4.00. The maximum absolute atomic E-state index is 13.0. The monoisotopic (exact) mass is 430 g/mol. The van der Waals surface area contributed by atoms with Crippen LogP contribution in [0.5, 0.6) is 0 Å². The van der Waals surface area contributed by atoms with Crippen LogP contribution < -0.4 is 15.5 Å². The number of para-hydroxylation sites is 1.